The van der Waals surface area contributed by atoms with Crippen molar-refractivity contribution in [3.05, 3.63) is 78.0 Å². The fraction of sp³-hybridized carbons (Fsp3) is 0.154. The highest BCUT2D eigenvalue weighted by atomic mass is 16.5. The molecule has 0 aliphatic carbocycles. The largest absolute Gasteiger partial charge is 0.497 e. The molecule has 0 unspecified atom stereocenters. The highest BCUT2D eigenvalue weighted by molar-refractivity contribution is 5.98. The van der Waals surface area contributed by atoms with E-state index in [-0.39, 0.29) is 0 Å². The third-order valence-electron chi connectivity index (χ3n) is 6.11. The molecular weight excluding hydrogens is 454 g/mol. The van der Waals surface area contributed by atoms with Gasteiger partial charge < -0.3 is 10.5 Å². The SMILES string of the molecule is COc1ccc2nc(C)cc(-n3cc(Cn4nc(-c5ccc(C)cc5)c5c(N)ncnc54)nn3)c2c1. The topological polar surface area (TPSA) is 122 Å². The molecule has 0 amide bonds. The highest BCUT2D eigenvalue weighted by Crippen LogP contribution is 2.31. The average molecular weight is 478 g/mol. The van der Waals surface area contributed by atoms with Crippen LogP contribution in [0.25, 0.3) is 38.9 Å². The van der Waals surface area contributed by atoms with Crippen molar-refractivity contribution < 1.29 is 4.74 Å². The van der Waals surface area contributed by atoms with E-state index < -0.39 is 0 Å². The van der Waals surface area contributed by atoms with E-state index in [4.69, 9.17) is 15.6 Å². The smallest absolute Gasteiger partial charge is 0.164 e. The zero-order valence-corrected chi connectivity index (χ0v) is 20.0. The molecule has 36 heavy (non-hydrogen) atoms. The molecular formula is C26H23N9O. The summed E-state index contributed by atoms with van der Waals surface area (Å²) >= 11 is 0. The number of benzene rings is 2. The molecule has 6 rings (SSSR count). The molecule has 0 bridgehead atoms. The zero-order valence-electron chi connectivity index (χ0n) is 20.0. The van der Waals surface area contributed by atoms with Crippen LogP contribution in [0.5, 0.6) is 5.75 Å². The van der Waals surface area contributed by atoms with Crippen LogP contribution in [0.4, 0.5) is 5.82 Å². The first-order valence-electron chi connectivity index (χ1n) is 11.4. The van der Waals surface area contributed by atoms with Gasteiger partial charge in [0.25, 0.3) is 0 Å². The number of aromatic nitrogens is 8. The predicted molar refractivity (Wildman–Crippen MR) is 137 cm³/mol. The average Bonchev–Trinajstić information content (AvgIpc) is 3.50. The number of nitrogen functional groups attached to an aromatic ring is 1. The van der Waals surface area contributed by atoms with E-state index in [1.54, 1.807) is 16.5 Å². The molecule has 0 atom stereocenters. The molecule has 2 aromatic carbocycles. The highest BCUT2D eigenvalue weighted by Gasteiger charge is 2.18. The third-order valence-corrected chi connectivity index (χ3v) is 6.11. The molecule has 2 N–H and O–H groups in total. The number of aryl methyl sites for hydroxylation is 2. The van der Waals surface area contributed by atoms with Gasteiger partial charge in [-0.25, -0.2) is 19.3 Å². The van der Waals surface area contributed by atoms with Gasteiger partial charge in [0.2, 0.25) is 0 Å². The van der Waals surface area contributed by atoms with Crippen LogP contribution in [0.3, 0.4) is 0 Å². The van der Waals surface area contributed by atoms with Gasteiger partial charge in [0.1, 0.15) is 29.3 Å². The van der Waals surface area contributed by atoms with Crippen molar-refractivity contribution in [1.29, 1.82) is 0 Å². The first-order valence-corrected chi connectivity index (χ1v) is 11.4. The summed E-state index contributed by atoms with van der Waals surface area (Å²) in [6.07, 6.45) is 3.34. The molecule has 0 aliphatic heterocycles. The van der Waals surface area contributed by atoms with Crippen LogP contribution in [-0.2, 0) is 6.54 Å². The zero-order chi connectivity index (χ0) is 24.8. The van der Waals surface area contributed by atoms with Crippen LogP contribution in [0.15, 0.2) is 61.1 Å². The fourth-order valence-corrected chi connectivity index (χ4v) is 4.33. The summed E-state index contributed by atoms with van der Waals surface area (Å²) in [7, 11) is 1.64. The third kappa shape index (κ3) is 3.68. The number of nitrogens with two attached hydrogens (primary N) is 1. The molecule has 4 heterocycles. The molecule has 4 aromatic heterocycles. The second kappa shape index (κ2) is 8.42. The number of hydrogen-bond donors (Lipinski definition) is 1. The molecule has 0 spiro atoms. The van der Waals surface area contributed by atoms with E-state index in [0.717, 1.165) is 50.4 Å². The molecule has 0 radical (unpaired) electrons. The van der Waals surface area contributed by atoms with Gasteiger partial charge in [-0.2, -0.15) is 5.10 Å². The summed E-state index contributed by atoms with van der Waals surface area (Å²) in [6.45, 7) is 4.37. The lowest BCUT2D eigenvalue weighted by molar-refractivity contribution is 0.415. The van der Waals surface area contributed by atoms with Gasteiger partial charge >= 0.3 is 0 Å². The Morgan fingerprint density at radius 3 is 2.64 bits per heavy atom. The summed E-state index contributed by atoms with van der Waals surface area (Å²) in [5, 5.41) is 15.3. The predicted octanol–water partition coefficient (Wildman–Crippen LogP) is 3.88. The minimum absolute atomic E-state index is 0.365. The van der Waals surface area contributed by atoms with Crippen molar-refractivity contribution in [2.45, 2.75) is 20.4 Å². The maximum atomic E-state index is 6.25. The van der Waals surface area contributed by atoms with Crippen molar-refractivity contribution in [1.82, 2.24) is 39.7 Å². The Morgan fingerprint density at radius 2 is 1.83 bits per heavy atom. The van der Waals surface area contributed by atoms with Crippen LogP contribution in [0.2, 0.25) is 0 Å². The lowest BCUT2D eigenvalue weighted by Gasteiger charge is -2.09. The van der Waals surface area contributed by atoms with Crippen LogP contribution in [0, 0.1) is 13.8 Å². The van der Waals surface area contributed by atoms with E-state index >= 15 is 0 Å². The molecule has 178 valence electrons. The standard InChI is InChI=1S/C26H23N9O/c1-15-4-6-17(7-5-15)24-23-25(27)28-14-29-26(23)35(32-24)13-18-12-34(33-31-18)22-10-16(2)30-21-9-8-19(36-3)11-20(21)22/h4-12,14H,13H2,1-3H3,(H2,27,28,29). The van der Waals surface area contributed by atoms with Crippen molar-refractivity contribution in [3.8, 4) is 22.7 Å². The Morgan fingerprint density at radius 1 is 1.00 bits per heavy atom. The second-order valence-electron chi connectivity index (χ2n) is 8.65. The van der Waals surface area contributed by atoms with Crippen LogP contribution in [-0.4, -0.2) is 46.8 Å². The first-order chi connectivity index (χ1) is 17.5. The summed E-state index contributed by atoms with van der Waals surface area (Å²) in [5.41, 5.74) is 13.1. The van der Waals surface area contributed by atoms with Gasteiger partial charge in [-0.1, -0.05) is 35.0 Å². The maximum absolute atomic E-state index is 6.25. The van der Waals surface area contributed by atoms with Crippen molar-refractivity contribution in [2.75, 3.05) is 12.8 Å². The van der Waals surface area contributed by atoms with Gasteiger partial charge in [0.05, 0.1) is 36.4 Å². The van der Waals surface area contributed by atoms with E-state index in [2.05, 4.69) is 25.3 Å². The molecule has 0 fully saturated rings. The Balaban J connectivity index is 1.42. The fourth-order valence-electron chi connectivity index (χ4n) is 4.33. The molecule has 0 saturated carbocycles. The number of anilines is 1. The van der Waals surface area contributed by atoms with Gasteiger partial charge in [-0.3, -0.25) is 4.98 Å². The quantitative estimate of drug-likeness (QED) is 0.397. The molecule has 10 nitrogen and oxygen atoms in total. The Hall–Kier alpha value is -4.86. The first kappa shape index (κ1) is 21.7. The molecule has 6 aromatic rings. The second-order valence-corrected chi connectivity index (χ2v) is 8.65. The summed E-state index contributed by atoms with van der Waals surface area (Å²) in [4.78, 5) is 13.3. The molecule has 0 aliphatic rings. The number of hydrogen-bond acceptors (Lipinski definition) is 8. The van der Waals surface area contributed by atoms with E-state index in [9.17, 15) is 0 Å². The van der Waals surface area contributed by atoms with Crippen LogP contribution in [0.1, 0.15) is 17.0 Å². The minimum atomic E-state index is 0.365. The van der Waals surface area contributed by atoms with E-state index in [0.29, 0.717) is 18.0 Å². The van der Waals surface area contributed by atoms with Gasteiger partial charge in [-0.05, 0) is 38.1 Å². The summed E-state index contributed by atoms with van der Waals surface area (Å²) in [6, 6.07) is 15.9. The van der Waals surface area contributed by atoms with Gasteiger partial charge in [0.15, 0.2) is 5.65 Å². The van der Waals surface area contributed by atoms with Gasteiger partial charge in [0, 0.05) is 16.6 Å². The normalized spacial score (nSPS) is 11.4. The number of pyridine rings is 1. The Labute approximate surface area is 206 Å². The number of fused-ring (bicyclic) bond motifs is 2. The Kier molecular flexibility index (Phi) is 5.06. The van der Waals surface area contributed by atoms with Crippen molar-refractivity contribution in [3.63, 3.8) is 0 Å². The number of rotatable bonds is 5. The lowest BCUT2D eigenvalue weighted by atomic mass is 10.1. The van der Waals surface area contributed by atoms with E-state index in [1.807, 2.05) is 68.6 Å². The van der Waals surface area contributed by atoms with E-state index in [1.165, 1.54) is 11.9 Å². The molecule has 0 saturated heterocycles. The number of methoxy groups -OCH3 is 1. The number of ether oxygens (including phenoxy) is 1. The van der Waals surface area contributed by atoms with Crippen LogP contribution < -0.4 is 10.5 Å². The maximum Gasteiger partial charge on any atom is 0.164 e. The summed E-state index contributed by atoms with van der Waals surface area (Å²) in [5.74, 6) is 1.14. The van der Waals surface area contributed by atoms with Crippen molar-refractivity contribution >= 4 is 27.8 Å². The monoisotopic (exact) mass is 477 g/mol. The minimum Gasteiger partial charge on any atom is -0.497 e. The number of nitrogens with zero attached hydrogens (tertiary/aromatic N) is 8. The Bertz CT molecular complexity index is 1730. The molecule has 10 heteroatoms. The van der Waals surface area contributed by atoms with Crippen LogP contribution >= 0.6 is 0 Å². The van der Waals surface area contributed by atoms with Crippen molar-refractivity contribution in [2.24, 2.45) is 0 Å². The lowest BCUT2D eigenvalue weighted by Crippen LogP contribution is -2.04. The summed E-state index contributed by atoms with van der Waals surface area (Å²) < 4.78 is 8.96. The van der Waals surface area contributed by atoms with Gasteiger partial charge in [-0.15, -0.1) is 5.10 Å².